The average molecular weight is 555 g/mol. The molecule has 0 N–H and O–H groups in total. The van der Waals surface area contributed by atoms with Gasteiger partial charge in [0.05, 0.1) is 28.2 Å². The van der Waals surface area contributed by atoms with Crippen molar-refractivity contribution >= 4 is 41.4 Å². The fraction of sp³-hybridized carbons (Fsp3) is 0.300. The SMILES string of the molecule is CC(=C\c1cn2nc(-c3c(-c4ccc(F)cc4)nn(C)c3N3CCCCC3)ccc2n1)/N=C(\S)C1=CC=NCC1. The van der Waals surface area contributed by atoms with E-state index in [4.69, 9.17) is 15.2 Å². The normalized spacial score (nSPS) is 16.6. The summed E-state index contributed by atoms with van der Waals surface area (Å²) in [6.07, 6.45) is 11.9. The number of hydrogen-bond donors (Lipinski definition) is 1. The van der Waals surface area contributed by atoms with Crippen LogP contribution in [-0.2, 0) is 7.05 Å². The number of benzene rings is 1. The number of aliphatic imine (C=N–C) groups is 2. The molecule has 0 amide bonds. The van der Waals surface area contributed by atoms with Gasteiger partial charge in [-0.2, -0.15) is 10.2 Å². The van der Waals surface area contributed by atoms with Crippen molar-refractivity contribution in [1.29, 1.82) is 0 Å². The number of allylic oxidation sites excluding steroid dienone is 2. The first-order valence-electron chi connectivity index (χ1n) is 13.6. The van der Waals surface area contributed by atoms with Crippen molar-refractivity contribution in [1.82, 2.24) is 24.4 Å². The number of aryl methyl sites for hydroxylation is 1. The third kappa shape index (κ3) is 5.36. The molecule has 0 bridgehead atoms. The molecular formula is C30H31FN8S. The van der Waals surface area contributed by atoms with Crippen molar-refractivity contribution in [3.05, 3.63) is 71.5 Å². The van der Waals surface area contributed by atoms with E-state index >= 15 is 0 Å². The Hall–Kier alpha value is -4.05. The van der Waals surface area contributed by atoms with E-state index in [1.807, 2.05) is 49.1 Å². The molecule has 2 aliphatic heterocycles. The lowest BCUT2D eigenvalue weighted by Gasteiger charge is -2.29. The third-order valence-corrected chi connectivity index (χ3v) is 7.59. The second-order valence-corrected chi connectivity index (χ2v) is 10.6. The van der Waals surface area contributed by atoms with E-state index in [0.29, 0.717) is 5.04 Å². The molecule has 0 spiro atoms. The Bertz CT molecular complexity index is 1670. The van der Waals surface area contributed by atoms with Gasteiger partial charge < -0.3 is 4.90 Å². The number of hydrogen-bond acceptors (Lipinski definition) is 6. The topological polar surface area (TPSA) is 76.0 Å². The van der Waals surface area contributed by atoms with E-state index in [2.05, 4.69) is 27.5 Å². The zero-order chi connectivity index (χ0) is 27.6. The Labute approximate surface area is 238 Å². The van der Waals surface area contributed by atoms with E-state index in [9.17, 15) is 4.39 Å². The Balaban J connectivity index is 1.39. The van der Waals surface area contributed by atoms with Gasteiger partial charge in [0.2, 0.25) is 0 Å². The monoisotopic (exact) mass is 554 g/mol. The quantitative estimate of drug-likeness (QED) is 0.180. The summed E-state index contributed by atoms with van der Waals surface area (Å²) in [5.74, 6) is 0.754. The van der Waals surface area contributed by atoms with Gasteiger partial charge in [-0.15, -0.1) is 12.6 Å². The fourth-order valence-corrected chi connectivity index (χ4v) is 5.63. The molecule has 0 atom stereocenters. The lowest BCUT2D eigenvalue weighted by Crippen LogP contribution is -2.31. The number of halogens is 1. The summed E-state index contributed by atoms with van der Waals surface area (Å²) in [7, 11) is 1.97. The summed E-state index contributed by atoms with van der Waals surface area (Å²) >= 11 is 4.59. The highest BCUT2D eigenvalue weighted by molar-refractivity contribution is 7.97. The first-order chi connectivity index (χ1) is 19.5. The van der Waals surface area contributed by atoms with Crippen LogP contribution in [0.5, 0.6) is 0 Å². The molecule has 6 rings (SSSR count). The summed E-state index contributed by atoms with van der Waals surface area (Å²) in [6.45, 7) is 4.63. The number of anilines is 1. The molecule has 1 aromatic carbocycles. The van der Waals surface area contributed by atoms with Gasteiger partial charge in [0, 0.05) is 44.2 Å². The number of imidazole rings is 1. The second kappa shape index (κ2) is 11.2. The van der Waals surface area contributed by atoms with E-state index in [1.165, 1.54) is 18.6 Å². The molecule has 204 valence electrons. The lowest BCUT2D eigenvalue weighted by atomic mass is 10.0. The molecule has 4 aromatic rings. The maximum absolute atomic E-state index is 13.8. The van der Waals surface area contributed by atoms with Gasteiger partial charge in [0.25, 0.3) is 0 Å². The van der Waals surface area contributed by atoms with Crippen LogP contribution in [0.2, 0.25) is 0 Å². The lowest BCUT2D eigenvalue weighted by molar-refractivity contribution is 0.561. The first-order valence-corrected chi connectivity index (χ1v) is 14.0. The summed E-state index contributed by atoms with van der Waals surface area (Å²) in [4.78, 5) is 16.0. The standard InChI is InChI=1S/C30H31FN8S/c1-20(33-29(40)22-12-14-32-15-13-22)18-24-19-39-26(34-24)11-10-25(35-39)27-28(21-6-8-23(31)9-7-21)36-37(2)30(27)38-16-4-3-5-17-38/h6-12,14,18-19H,3-5,13,15-17H2,1-2H3,(H,33,40)/b20-18+. The highest BCUT2D eigenvalue weighted by atomic mass is 32.1. The average Bonchev–Trinajstić information content (AvgIpc) is 3.53. The van der Waals surface area contributed by atoms with Crippen molar-refractivity contribution in [3.63, 3.8) is 0 Å². The summed E-state index contributed by atoms with van der Waals surface area (Å²) in [5.41, 5.74) is 6.72. The number of fused-ring (bicyclic) bond motifs is 1. The van der Waals surface area contributed by atoms with Crippen molar-refractivity contribution < 1.29 is 4.39 Å². The molecular weight excluding hydrogens is 523 g/mol. The predicted molar refractivity (Wildman–Crippen MR) is 163 cm³/mol. The van der Waals surface area contributed by atoms with Crippen LogP contribution in [0.25, 0.3) is 34.2 Å². The van der Waals surface area contributed by atoms with E-state index in [-0.39, 0.29) is 5.82 Å². The second-order valence-electron chi connectivity index (χ2n) is 10.1. The van der Waals surface area contributed by atoms with Crippen LogP contribution in [0.1, 0.15) is 38.3 Å². The first kappa shape index (κ1) is 26.2. The molecule has 40 heavy (non-hydrogen) atoms. The van der Waals surface area contributed by atoms with Crippen LogP contribution in [0.4, 0.5) is 10.2 Å². The number of aromatic nitrogens is 5. The van der Waals surface area contributed by atoms with Crippen LogP contribution >= 0.6 is 12.6 Å². The largest absolute Gasteiger partial charge is 0.356 e. The van der Waals surface area contributed by atoms with Crippen LogP contribution in [0.15, 0.2) is 69.9 Å². The summed E-state index contributed by atoms with van der Waals surface area (Å²) in [6, 6.07) is 10.4. The van der Waals surface area contributed by atoms with Gasteiger partial charge in [-0.25, -0.2) is 18.9 Å². The Morgan fingerprint density at radius 1 is 1.05 bits per heavy atom. The molecule has 10 heteroatoms. The maximum atomic E-state index is 13.8. The van der Waals surface area contributed by atoms with Crippen molar-refractivity contribution in [2.24, 2.45) is 17.0 Å². The highest BCUT2D eigenvalue weighted by Gasteiger charge is 2.26. The zero-order valence-corrected chi connectivity index (χ0v) is 23.5. The van der Waals surface area contributed by atoms with E-state index < -0.39 is 0 Å². The van der Waals surface area contributed by atoms with Crippen molar-refractivity contribution in [2.75, 3.05) is 24.5 Å². The van der Waals surface area contributed by atoms with Crippen LogP contribution < -0.4 is 4.90 Å². The number of rotatable bonds is 6. The molecule has 5 heterocycles. The number of nitrogens with zero attached hydrogens (tertiary/aromatic N) is 8. The van der Waals surface area contributed by atoms with E-state index in [0.717, 1.165) is 89.8 Å². The predicted octanol–water partition coefficient (Wildman–Crippen LogP) is 6.02. The zero-order valence-electron chi connectivity index (χ0n) is 22.6. The molecule has 2 aliphatic rings. The van der Waals surface area contributed by atoms with Crippen LogP contribution in [-0.4, -0.2) is 55.3 Å². The summed E-state index contributed by atoms with van der Waals surface area (Å²) in [5, 5.41) is 10.6. The van der Waals surface area contributed by atoms with Gasteiger partial charge in [-0.1, -0.05) is 0 Å². The third-order valence-electron chi connectivity index (χ3n) is 7.20. The van der Waals surface area contributed by atoms with Crippen LogP contribution in [0.3, 0.4) is 0 Å². The Morgan fingerprint density at radius 3 is 2.60 bits per heavy atom. The van der Waals surface area contributed by atoms with Gasteiger partial charge in [-0.3, -0.25) is 9.67 Å². The van der Waals surface area contributed by atoms with E-state index in [1.54, 1.807) is 22.9 Å². The molecule has 0 unspecified atom stereocenters. The molecule has 3 aromatic heterocycles. The molecule has 0 radical (unpaired) electrons. The molecule has 1 saturated heterocycles. The molecule has 8 nitrogen and oxygen atoms in total. The number of piperidine rings is 1. The molecule has 0 saturated carbocycles. The van der Waals surface area contributed by atoms with Gasteiger partial charge in [0.15, 0.2) is 5.65 Å². The van der Waals surface area contributed by atoms with Crippen LogP contribution in [0, 0.1) is 5.82 Å². The number of thiol groups is 1. The Morgan fingerprint density at radius 2 is 1.85 bits per heavy atom. The van der Waals surface area contributed by atoms with Crippen molar-refractivity contribution in [2.45, 2.75) is 32.6 Å². The number of dihydropyridines is 1. The fourth-order valence-electron chi connectivity index (χ4n) is 5.29. The van der Waals surface area contributed by atoms with Gasteiger partial charge in [0.1, 0.15) is 17.3 Å². The highest BCUT2D eigenvalue weighted by Crippen LogP contribution is 2.39. The maximum Gasteiger partial charge on any atom is 0.154 e. The van der Waals surface area contributed by atoms with Gasteiger partial charge in [-0.05, 0) is 86.7 Å². The summed E-state index contributed by atoms with van der Waals surface area (Å²) < 4.78 is 17.5. The minimum Gasteiger partial charge on any atom is -0.356 e. The smallest absolute Gasteiger partial charge is 0.154 e. The van der Waals surface area contributed by atoms with Gasteiger partial charge >= 0.3 is 0 Å². The molecule has 1 fully saturated rings. The van der Waals surface area contributed by atoms with Crippen molar-refractivity contribution in [3.8, 4) is 22.5 Å². The molecule has 0 aliphatic carbocycles. The Kier molecular flexibility index (Phi) is 7.34. The minimum atomic E-state index is -0.273. The minimum absolute atomic E-state index is 0.273.